The molecule has 1 aromatic heterocycles. The van der Waals surface area contributed by atoms with Gasteiger partial charge in [-0.3, -0.25) is 19.8 Å². The highest BCUT2D eigenvalue weighted by Gasteiger charge is 2.46. The summed E-state index contributed by atoms with van der Waals surface area (Å²) < 4.78 is 1.03. The lowest BCUT2D eigenvalue weighted by atomic mass is 9.69. The number of nitrogens with two attached hydrogens (primary N) is 1. The fraction of sp³-hybridized carbons (Fsp3) is 0.333. The van der Waals surface area contributed by atoms with Crippen LogP contribution in [0.15, 0.2) is 56.5 Å². The first-order chi connectivity index (χ1) is 16.1. The molecule has 2 aromatic rings. The van der Waals surface area contributed by atoms with E-state index >= 15 is 0 Å². The number of nitro groups is 1. The van der Waals surface area contributed by atoms with Crippen LogP contribution in [0.4, 0.5) is 11.4 Å². The summed E-state index contributed by atoms with van der Waals surface area (Å²) in [5, 5.41) is 24.3. The maximum atomic E-state index is 13.6. The number of nitro benzene ring substituents is 1. The summed E-state index contributed by atoms with van der Waals surface area (Å²) in [6.45, 7) is 6.02. The lowest BCUT2D eigenvalue weighted by Gasteiger charge is -2.43. The number of carbonyl (C=O) groups excluding carboxylic acids is 1. The highest BCUT2D eigenvalue weighted by molar-refractivity contribution is 8.01. The molecule has 2 N–H and O–H groups in total. The lowest BCUT2D eigenvalue weighted by molar-refractivity contribution is -0.384. The molecular weight excluding hydrogens is 492 g/mol. The first-order valence-electron chi connectivity index (χ1n) is 10.7. The van der Waals surface area contributed by atoms with E-state index in [-0.39, 0.29) is 39.0 Å². The number of Topliss-reactive ketones (excluding diaryl/α,β-unsaturated/α-hetero) is 1. The van der Waals surface area contributed by atoms with E-state index < -0.39 is 10.8 Å². The average molecular weight is 515 g/mol. The Kier molecular flexibility index (Phi) is 6.51. The number of allylic oxidation sites excluding steroid dienone is 3. The fourth-order valence-electron chi connectivity index (χ4n) is 4.69. The van der Waals surface area contributed by atoms with Crippen LogP contribution >= 0.6 is 34.7 Å². The molecule has 176 valence electrons. The van der Waals surface area contributed by atoms with Gasteiger partial charge >= 0.3 is 0 Å². The van der Waals surface area contributed by atoms with Crippen molar-refractivity contribution in [3.8, 4) is 6.07 Å². The third kappa shape index (κ3) is 4.11. The highest BCUT2D eigenvalue weighted by Crippen LogP contribution is 2.53. The summed E-state index contributed by atoms with van der Waals surface area (Å²) in [6, 6.07) is 8.48. The molecule has 2 heterocycles. The van der Waals surface area contributed by atoms with Crippen molar-refractivity contribution >= 4 is 51.9 Å². The summed E-state index contributed by atoms with van der Waals surface area (Å²) in [7, 11) is 0. The third-order valence-electron chi connectivity index (χ3n) is 6.00. The van der Waals surface area contributed by atoms with Crippen LogP contribution in [-0.4, -0.2) is 16.5 Å². The molecule has 1 atom stereocenters. The van der Waals surface area contributed by atoms with E-state index in [1.165, 1.54) is 17.0 Å². The topological polar surface area (TPSA) is 113 Å². The number of rotatable bonds is 5. The van der Waals surface area contributed by atoms with E-state index in [4.69, 9.17) is 17.3 Å². The van der Waals surface area contributed by atoms with Crippen molar-refractivity contribution in [3.63, 3.8) is 0 Å². The number of halogens is 1. The van der Waals surface area contributed by atoms with Crippen LogP contribution in [0.25, 0.3) is 0 Å². The van der Waals surface area contributed by atoms with Crippen molar-refractivity contribution in [2.45, 2.75) is 43.7 Å². The van der Waals surface area contributed by atoms with Crippen LogP contribution in [0.1, 0.15) is 45.1 Å². The Bertz CT molecular complexity index is 1310. The van der Waals surface area contributed by atoms with Gasteiger partial charge in [-0.25, -0.2) is 0 Å². The molecular formula is C24H23ClN4O3S2. The standard InChI is InChI=1S/C24H23ClN4O3S2/c1-4-33-23-14(7-8-34-23)20-15(12-26)22(27)28(16-6-5-13(25)9-17(16)29(31)32)18-10-24(2,3)11-19(30)21(18)20/h5-9,20H,4,10-11,27H2,1-3H3/t20-/m0/s1. The van der Waals surface area contributed by atoms with E-state index in [1.807, 2.05) is 32.2 Å². The van der Waals surface area contributed by atoms with Crippen molar-refractivity contribution in [3.05, 3.63) is 73.0 Å². The van der Waals surface area contributed by atoms with Gasteiger partial charge in [-0.1, -0.05) is 32.4 Å². The summed E-state index contributed by atoms with van der Waals surface area (Å²) in [5.74, 6) is 0.265. The number of thiophene rings is 1. The molecule has 0 bridgehead atoms. The van der Waals surface area contributed by atoms with E-state index in [2.05, 4.69) is 6.07 Å². The zero-order chi connectivity index (χ0) is 24.8. The molecule has 0 fully saturated rings. The first kappa shape index (κ1) is 24.3. The van der Waals surface area contributed by atoms with Crippen LogP contribution in [0, 0.1) is 26.9 Å². The van der Waals surface area contributed by atoms with Crippen LogP contribution in [0.5, 0.6) is 0 Å². The maximum absolute atomic E-state index is 13.6. The Labute approximate surface area is 211 Å². The number of nitriles is 1. The van der Waals surface area contributed by atoms with Crippen molar-refractivity contribution in [1.82, 2.24) is 0 Å². The average Bonchev–Trinajstić information content (AvgIpc) is 3.20. The molecule has 10 heteroatoms. The number of hydrogen-bond acceptors (Lipinski definition) is 8. The Morgan fingerprint density at radius 2 is 2.12 bits per heavy atom. The van der Waals surface area contributed by atoms with Crippen molar-refractivity contribution in [2.24, 2.45) is 11.1 Å². The summed E-state index contributed by atoms with van der Waals surface area (Å²) in [6.07, 6.45) is 0.794. The molecule has 0 spiro atoms. The molecule has 0 amide bonds. The minimum Gasteiger partial charge on any atom is -0.384 e. The Hall–Kier alpha value is -2.80. The minimum atomic E-state index is -0.605. The van der Waals surface area contributed by atoms with E-state index in [9.17, 15) is 20.2 Å². The molecule has 0 saturated carbocycles. The molecule has 1 aromatic carbocycles. The third-order valence-corrected chi connectivity index (χ3v) is 8.39. The van der Waals surface area contributed by atoms with Gasteiger partial charge in [0.25, 0.3) is 5.69 Å². The molecule has 0 saturated heterocycles. The number of thioether (sulfide) groups is 1. The van der Waals surface area contributed by atoms with Crippen LogP contribution < -0.4 is 10.6 Å². The van der Waals surface area contributed by atoms with Crippen molar-refractivity contribution in [1.29, 1.82) is 5.26 Å². The normalized spacial score (nSPS) is 19.8. The lowest BCUT2D eigenvalue weighted by Crippen LogP contribution is -2.42. The number of anilines is 1. The van der Waals surface area contributed by atoms with Crippen LogP contribution in [0.3, 0.4) is 0 Å². The van der Waals surface area contributed by atoms with Gasteiger partial charge in [0.2, 0.25) is 0 Å². The molecule has 2 aliphatic rings. The second-order valence-corrected chi connectivity index (χ2v) is 11.9. The number of hydrogen-bond donors (Lipinski definition) is 1. The predicted octanol–water partition coefficient (Wildman–Crippen LogP) is 6.36. The van der Waals surface area contributed by atoms with Crippen molar-refractivity contribution in [2.75, 3.05) is 10.7 Å². The predicted molar refractivity (Wildman–Crippen MR) is 136 cm³/mol. The Balaban J connectivity index is 2.04. The van der Waals surface area contributed by atoms with Gasteiger partial charge in [-0.15, -0.1) is 23.1 Å². The number of benzene rings is 1. The quantitative estimate of drug-likeness (QED) is 0.280. The van der Waals surface area contributed by atoms with Crippen LogP contribution in [0.2, 0.25) is 5.02 Å². The zero-order valence-electron chi connectivity index (χ0n) is 18.9. The second kappa shape index (κ2) is 9.10. The van der Waals surface area contributed by atoms with Crippen molar-refractivity contribution < 1.29 is 9.72 Å². The maximum Gasteiger partial charge on any atom is 0.294 e. The first-order valence-corrected chi connectivity index (χ1v) is 12.9. The number of carbonyl (C=O) groups is 1. The SMILES string of the molecule is CCSc1sccc1[C@H]1C(C#N)=C(N)N(c2ccc(Cl)cc2[N+](=O)[O-])C2=C1C(=O)CC(C)(C)C2. The van der Waals surface area contributed by atoms with Gasteiger partial charge in [0, 0.05) is 28.8 Å². The Morgan fingerprint density at radius 1 is 1.38 bits per heavy atom. The molecule has 1 aliphatic heterocycles. The molecule has 0 radical (unpaired) electrons. The van der Waals surface area contributed by atoms with Gasteiger partial charge in [0.05, 0.1) is 26.7 Å². The molecule has 0 unspecified atom stereocenters. The van der Waals surface area contributed by atoms with E-state index in [0.29, 0.717) is 24.1 Å². The Morgan fingerprint density at radius 3 is 2.76 bits per heavy atom. The molecule has 1 aliphatic carbocycles. The van der Waals surface area contributed by atoms with Gasteiger partial charge in [-0.05, 0) is 46.7 Å². The zero-order valence-corrected chi connectivity index (χ0v) is 21.3. The van der Waals surface area contributed by atoms with Gasteiger partial charge in [-0.2, -0.15) is 5.26 Å². The van der Waals surface area contributed by atoms with Gasteiger partial charge in [0.15, 0.2) is 5.78 Å². The monoisotopic (exact) mass is 514 g/mol. The fourth-order valence-corrected chi connectivity index (χ4v) is 6.93. The summed E-state index contributed by atoms with van der Waals surface area (Å²) in [4.78, 5) is 26.5. The molecule has 4 rings (SSSR count). The minimum absolute atomic E-state index is 0.0724. The number of ketones is 1. The smallest absolute Gasteiger partial charge is 0.294 e. The van der Waals surface area contributed by atoms with E-state index in [1.54, 1.807) is 29.2 Å². The summed E-state index contributed by atoms with van der Waals surface area (Å²) >= 11 is 9.27. The van der Waals surface area contributed by atoms with Gasteiger partial charge in [0.1, 0.15) is 11.5 Å². The second-order valence-electron chi connectivity index (χ2n) is 8.97. The molecule has 34 heavy (non-hydrogen) atoms. The molecule has 7 nitrogen and oxygen atoms in total. The highest BCUT2D eigenvalue weighted by atomic mass is 35.5. The largest absolute Gasteiger partial charge is 0.384 e. The van der Waals surface area contributed by atoms with Gasteiger partial charge < -0.3 is 5.73 Å². The van der Waals surface area contributed by atoms with E-state index in [0.717, 1.165) is 15.5 Å². The number of nitrogens with zero attached hydrogens (tertiary/aromatic N) is 3. The summed E-state index contributed by atoms with van der Waals surface area (Å²) in [5.41, 5.74) is 8.37. The van der Waals surface area contributed by atoms with Crippen LogP contribution in [-0.2, 0) is 4.79 Å².